The minimum atomic E-state index is -0.0411. The van der Waals surface area contributed by atoms with E-state index in [2.05, 4.69) is 28.5 Å². The van der Waals surface area contributed by atoms with Crippen molar-refractivity contribution in [3.05, 3.63) is 53.1 Å². The van der Waals surface area contributed by atoms with Crippen LogP contribution >= 0.6 is 0 Å². The van der Waals surface area contributed by atoms with Crippen molar-refractivity contribution >= 4 is 11.6 Å². The van der Waals surface area contributed by atoms with E-state index in [-0.39, 0.29) is 13.2 Å². The number of nitrogens with one attached hydrogen (secondary N) is 1. The molecule has 2 aromatic carbocycles. The smallest absolute Gasteiger partial charge is 0.193 e. The van der Waals surface area contributed by atoms with Crippen LogP contribution in [0.25, 0.3) is 0 Å². The number of hydrogen-bond donors (Lipinski definition) is 3. The highest BCUT2D eigenvalue weighted by Crippen LogP contribution is 2.29. The van der Waals surface area contributed by atoms with Gasteiger partial charge in [-0.1, -0.05) is 18.2 Å². The number of hydrogen-bond acceptors (Lipinski definition) is 4. The third-order valence-electron chi connectivity index (χ3n) is 4.67. The summed E-state index contributed by atoms with van der Waals surface area (Å²) in [7, 11) is 1.59. The maximum Gasteiger partial charge on any atom is 0.193 e. The SMILES string of the molecule is COc1cc(CN=C(N)Nc2cccc3c2CCCC3)ccc1OCCO. The molecule has 0 heterocycles. The number of benzene rings is 2. The van der Waals surface area contributed by atoms with Crippen molar-refractivity contribution < 1.29 is 14.6 Å². The predicted octanol–water partition coefficient (Wildman–Crippen LogP) is 2.87. The molecule has 0 spiro atoms. The molecule has 0 fully saturated rings. The molecule has 2 aromatic rings. The van der Waals surface area contributed by atoms with Gasteiger partial charge in [0.1, 0.15) is 6.61 Å². The molecule has 144 valence electrons. The minimum absolute atomic E-state index is 0.0411. The van der Waals surface area contributed by atoms with Gasteiger partial charge in [0.05, 0.1) is 20.3 Å². The van der Waals surface area contributed by atoms with Gasteiger partial charge in [-0.15, -0.1) is 0 Å². The highest BCUT2D eigenvalue weighted by molar-refractivity contribution is 5.93. The lowest BCUT2D eigenvalue weighted by atomic mass is 9.90. The zero-order chi connectivity index (χ0) is 19.1. The Morgan fingerprint density at radius 2 is 2.04 bits per heavy atom. The summed E-state index contributed by atoms with van der Waals surface area (Å²) >= 11 is 0. The molecule has 0 saturated heterocycles. The summed E-state index contributed by atoms with van der Waals surface area (Å²) in [5, 5.41) is 12.1. The Bertz CT molecular complexity index is 805. The van der Waals surface area contributed by atoms with E-state index in [0.29, 0.717) is 24.0 Å². The van der Waals surface area contributed by atoms with E-state index in [1.54, 1.807) is 7.11 Å². The lowest BCUT2D eigenvalue weighted by Crippen LogP contribution is -2.24. The van der Waals surface area contributed by atoms with Crippen molar-refractivity contribution in [3.8, 4) is 11.5 Å². The summed E-state index contributed by atoms with van der Waals surface area (Å²) < 4.78 is 10.8. The normalized spacial score (nSPS) is 13.8. The number of anilines is 1. The van der Waals surface area contributed by atoms with Gasteiger partial charge in [0.25, 0.3) is 0 Å². The van der Waals surface area contributed by atoms with Crippen molar-refractivity contribution in [3.63, 3.8) is 0 Å². The van der Waals surface area contributed by atoms with Gasteiger partial charge in [-0.3, -0.25) is 0 Å². The van der Waals surface area contributed by atoms with Gasteiger partial charge in [-0.2, -0.15) is 0 Å². The molecule has 6 heteroatoms. The standard InChI is InChI=1S/C21H27N3O3/c1-26-20-13-15(9-10-19(20)27-12-11-25)14-23-21(22)24-18-8-4-6-16-5-2-3-7-17(16)18/h4,6,8-10,13,25H,2-3,5,7,11-12,14H2,1H3,(H3,22,23,24). The Hall–Kier alpha value is -2.73. The van der Waals surface area contributed by atoms with Crippen LogP contribution in [0.1, 0.15) is 29.5 Å². The number of guanidine groups is 1. The summed E-state index contributed by atoms with van der Waals surface area (Å²) in [5.74, 6) is 1.61. The first kappa shape index (κ1) is 19.0. The topological polar surface area (TPSA) is 89.1 Å². The zero-order valence-corrected chi connectivity index (χ0v) is 15.7. The molecule has 0 aliphatic heterocycles. The molecular formula is C21H27N3O3. The number of ether oxygens (including phenoxy) is 2. The van der Waals surface area contributed by atoms with Crippen LogP contribution in [0.3, 0.4) is 0 Å². The van der Waals surface area contributed by atoms with Crippen molar-refractivity contribution in [1.82, 2.24) is 0 Å². The molecule has 6 nitrogen and oxygen atoms in total. The number of methoxy groups -OCH3 is 1. The van der Waals surface area contributed by atoms with Gasteiger partial charge in [0.15, 0.2) is 17.5 Å². The fourth-order valence-electron chi connectivity index (χ4n) is 3.34. The minimum Gasteiger partial charge on any atom is -0.493 e. The molecule has 1 aliphatic carbocycles. The van der Waals surface area contributed by atoms with Crippen LogP contribution in [0.2, 0.25) is 0 Å². The monoisotopic (exact) mass is 369 g/mol. The fourth-order valence-corrected chi connectivity index (χ4v) is 3.34. The van der Waals surface area contributed by atoms with E-state index < -0.39 is 0 Å². The van der Waals surface area contributed by atoms with Gasteiger partial charge in [0, 0.05) is 5.69 Å². The second-order valence-corrected chi connectivity index (χ2v) is 6.53. The average Bonchev–Trinajstić information content (AvgIpc) is 2.71. The molecule has 1 aliphatic rings. The van der Waals surface area contributed by atoms with E-state index >= 15 is 0 Å². The van der Waals surface area contributed by atoms with Gasteiger partial charge in [-0.05, 0) is 60.6 Å². The van der Waals surface area contributed by atoms with Crippen LogP contribution in [0.4, 0.5) is 5.69 Å². The zero-order valence-electron chi connectivity index (χ0n) is 15.7. The second-order valence-electron chi connectivity index (χ2n) is 6.53. The molecule has 0 bridgehead atoms. The average molecular weight is 369 g/mol. The summed E-state index contributed by atoms with van der Waals surface area (Å²) in [4.78, 5) is 4.45. The van der Waals surface area contributed by atoms with Crippen molar-refractivity contribution in [2.24, 2.45) is 10.7 Å². The van der Waals surface area contributed by atoms with Crippen LogP contribution in [0.5, 0.6) is 11.5 Å². The lowest BCUT2D eigenvalue weighted by molar-refractivity contribution is 0.196. The summed E-state index contributed by atoms with van der Waals surface area (Å²) in [6.07, 6.45) is 4.68. The summed E-state index contributed by atoms with van der Waals surface area (Å²) in [5.41, 5.74) is 10.9. The van der Waals surface area contributed by atoms with Crippen LogP contribution in [0, 0.1) is 0 Å². The first-order valence-electron chi connectivity index (χ1n) is 9.29. The number of fused-ring (bicyclic) bond motifs is 1. The van der Waals surface area contributed by atoms with Gasteiger partial charge in [0.2, 0.25) is 0 Å². The quantitative estimate of drug-likeness (QED) is 0.516. The number of nitrogens with zero attached hydrogens (tertiary/aromatic N) is 1. The maximum absolute atomic E-state index is 8.88. The van der Waals surface area contributed by atoms with Gasteiger partial charge < -0.3 is 25.6 Å². The summed E-state index contributed by atoms with van der Waals surface area (Å²) in [6, 6.07) is 11.9. The molecule has 0 saturated carbocycles. The van der Waals surface area contributed by atoms with Crippen molar-refractivity contribution in [2.75, 3.05) is 25.6 Å². The highest BCUT2D eigenvalue weighted by atomic mass is 16.5. The molecule has 0 unspecified atom stereocenters. The predicted molar refractivity (Wildman–Crippen MR) is 108 cm³/mol. The molecule has 27 heavy (non-hydrogen) atoms. The molecule has 3 rings (SSSR count). The number of nitrogens with two attached hydrogens (primary N) is 1. The Morgan fingerprint density at radius 3 is 2.85 bits per heavy atom. The molecule has 0 radical (unpaired) electrons. The maximum atomic E-state index is 8.88. The number of aliphatic hydroxyl groups is 1. The Labute approximate surface area is 160 Å². The van der Waals surface area contributed by atoms with Crippen molar-refractivity contribution in [1.29, 1.82) is 0 Å². The third kappa shape index (κ3) is 4.92. The van der Waals surface area contributed by atoms with E-state index in [1.807, 2.05) is 18.2 Å². The number of aryl methyl sites for hydroxylation is 1. The Morgan fingerprint density at radius 1 is 1.19 bits per heavy atom. The van der Waals surface area contributed by atoms with Crippen LogP contribution in [0.15, 0.2) is 41.4 Å². The lowest BCUT2D eigenvalue weighted by Gasteiger charge is -2.19. The van der Waals surface area contributed by atoms with E-state index in [4.69, 9.17) is 20.3 Å². The number of aliphatic imine (C=N–C) groups is 1. The summed E-state index contributed by atoms with van der Waals surface area (Å²) in [6.45, 7) is 0.622. The highest BCUT2D eigenvalue weighted by Gasteiger charge is 2.13. The third-order valence-corrected chi connectivity index (χ3v) is 4.67. The van der Waals surface area contributed by atoms with Crippen LogP contribution in [-0.4, -0.2) is 31.4 Å². The fraction of sp³-hybridized carbons (Fsp3) is 0.381. The van der Waals surface area contributed by atoms with Crippen LogP contribution in [-0.2, 0) is 19.4 Å². The second kappa shape index (κ2) is 9.28. The van der Waals surface area contributed by atoms with E-state index in [9.17, 15) is 0 Å². The molecule has 0 atom stereocenters. The van der Waals surface area contributed by atoms with Crippen LogP contribution < -0.4 is 20.5 Å². The molecule has 4 N–H and O–H groups in total. The number of rotatable bonds is 7. The first-order chi connectivity index (χ1) is 13.2. The molecule has 0 amide bonds. The van der Waals surface area contributed by atoms with E-state index in [0.717, 1.165) is 24.1 Å². The largest absolute Gasteiger partial charge is 0.493 e. The number of aliphatic hydroxyl groups excluding tert-OH is 1. The van der Waals surface area contributed by atoms with Gasteiger partial charge in [-0.25, -0.2) is 4.99 Å². The van der Waals surface area contributed by atoms with E-state index in [1.165, 1.54) is 24.0 Å². The van der Waals surface area contributed by atoms with Crippen molar-refractivity contribution in [2.45, 2.75) is 32.2 Å². The Kier molecular flexibility index (Phi) is 6.54. The first-order valence-corrected chi connectivity index (χ1v) is 9.29. The Balaban J connectivity index is 1.67. The van der Waals surface area contributed by atoms with Gasteiger partial charge >= 0.3 is 0 Å². The molecular weight excluding hydrogens is 342 g/mol. The molecule has 0 aromatic heterocycles.